The monoisotopic (exact) mass is 401 g/mol. The van der Waals surface area contributed by atoms with Crippen molar-refractivity contribution in [1.82, 2.24) is 14.8 Å². The van der Waals surface area contributed by atoms with Crippen LogP contribution >= 0.6 is 11.3 Å². The molecular formula is C19H19N3O5S. The Labute approximate surface area is 165 Å². The molecule has 3 aromatic rings. The van der Waals surface area contributed by atoms with E-state index in [4.69, 9.17) is 14.2 Å². The van der Waals surface area contributed by atoms with Crippen LogP contribution in [0.15, 0.2) is 36.0 Å². The van der Waals surface area contributed by atoms with Crippen LogP contribution in [0.25, 0.3) is 10.6 Å². The van der Waals surface area contributed by atoms with Gasteiger partial charge in [0, 0.05) is 29.8 Å². The summed E-state index contributed by atoms with van der Waals surface area (Å²) >= 11 is 1.46. The summed E-state index contributed by atoms with van der Waals surface area (Å²) < 4.78 is 17.6. The second-order valence-corrected chi connectivity index (χ2v) is 6.78. The van der Waals surface area contributed by atoms with Gasteiger partial charge in [0.15, 0.2) is 23.9 Å². The van der Waals surface area contributed by atoms with E-state index in [-0.39, 0.29) is 19.0 Å². The van der Waals surface area contributed by atoms with Gasteiger partial charge in [-0.1, -0.05) is 0 Å². The number of nitrogens with zero attached hydrogens (tertiary/aromatic N) is 3. The lowest BCUT2D eigenvalue weighted by Crippen LogP contribution is -2.15. The lowest BCUT2D eigenvalue weighted by atomic mass is 10.1. The number of benzene rings is 1. The summed E-state index contributed by atoms with van der Waals surface area (Å²) in [5, 5.41) is 6.76. The summed E-state index contributed by atoms with van der Waals surface area (Å²) in [5.74, 6) is 0.116. The number of esters is 1. The van der Waals surface area contributed by atoms with Crippen molar-refractivity contribution in [3.63, 3.8) is 0 Å². The lowest BCUT2D eigenvalue weighted by Gasteiger charge is -2.11. The van der Waals surface area contributed by atoms with E-state index in [0.717, 1.165) is 10.6 Å². The first-order chi connectivity index (χ1) is 13.5. The van der Waals surface area contributed by atoms with Crippen LogP contribution in [0.5, 0.6) is 11.5 Å². The van der Waals surface area contributed by atoms with Crippen molar-refractivity contribution >= 4 is 23.1 Å². The first kappa shape index (κ1) is 19.6. The number of hydrogen-bond donors (Lipinski definition) is 0. The molecule has 2 heterocycles. The van der Waals surface area contributed by atoms with Gasteiger partial charge in [0.25, 0.3) is 0 Å². The largest absolute Gasteiger partial charge is 0.493 e. The van der Waals surface area contributed by atoms with Crippen molar-refractivity contribution in [3.05, 3.63) is 47.2 Å². The average molecular weight is 401 g/mol. The third-order valence-electron chi connectivity index (χ3n) is 3.80. The second kappa shape index (κ2) is 8.66. The summed E-state index contributed by atoms with van der Waals surface area (Å²) in [6.07, 6.45) is 3.60. The number of rotatable bonds is 8. The molecule has 0 amide bonds. The minimum absolute atomic E-state index is 0.0549. The van der Waals surface area contributed by atoms with Crippen molar-refractivity contribution < 1.29 is 23.8 Å². The van der Waals surface area contributed by atoms with Gasteiger partial charge in [0.2, 0.25) is 0 Å². The number of methoxy groups -OCH3 is 1. The SMILES string of the molecule is COc1cc(C(C)=O)ccc1OCC(=O)OCc1csc(-c2cnn(C)c2)n1. The molecule has 0 aliphatic carbocycles. The van der Waals surface area contributed by atoms with E-state index in [0.29, 0.717) is 22.8 Å². The molecule has 0 radical (unpaired) electrons. The minimum Gasteiger partial charge on any atom is -0.493 e. The molecule has 0 aliphatic heterocycles. The summed E-state index contributed by atoms with van der Waals surface area (Å²) in [7, 11) is 3.30. The molecule has 0 saturated carbocycles. The molecule has 0 spiro atoms. The van der Waals surface area contributed by atoms with Gasteiger partial charge in [-0.3, -0.25) is 9.48 Å². The number of Topliss-reactive ketones (excluding diaryl/α,β-unsaturated/α-hetero) is 1. The highest BCUT2D eigenvalue weighted by Gasteiger charge is 2.12. The van der Waals surface area contributed by atoms with Crippen molar-refractivity contribution in [2.45, 2.75) is 13.5 Å². The Morgan fingerprint density at radius 3 is 2.75 bits per heavy atom. The number of hydrogen-bond acceptors (Lipinski definition) is 8. The molecule has 0 aliphatic rings. The maximum absolute atomic E-state index is 12.0. The molecule has 0 bridgehead atoms. The van der Waals surface area contributed by atoms with E-state index in [9.17, 15) is 9.59 Å². The van der Waals surface area contributed by atoms with E-state index < -0.39 is 5.97 Å². The molecule has 28 heavy (non-hydrogen) atoms. The van der Waals surface area contributed by atoms with E-state index >= 15 is 0 Å². The summed E-state index contributed by atoms with van der Waals surface area (Å²) in [5.41, 5.74) is 2.06. The van der Waals surface area contributed by atoms with Crippen molar-refractivity contribution in [3.8, 4) is 22.1 Å². The van der Waals surface area contributed by atoms with Gasteiger partial charge in [0.1, 0.15) is 11.6 Å². The van der Waals surface area contributed by atoms with Gasteiger partial charge in [-0.2, -0.15) is 5.10 Å². The van der Waals surface area contributed by atoms with Gasteiger partial charge in [0.05, 0.1) is 19.0 Å². The molecule has 3 rings (SSSR count). The molecule has 146 valence electrons. The second-order valence-electron chi connectivity index (χ2n) is 5.92. The Hall–Kier alpha value is -3.20. The van der Waals surface area contributed by atoms with Crippen LogP contribution in [-0.2, 0) is 23.2 Å². The van der Waals surface area contributed by atoms with Gasteiger partial charge >= 0.3 is 5.97 Å². The van der Waals surface area contributed by atoms with E-state index in [1.54, 1.807) is 29.1 Å². The highest BCUT2D eigenvalue weighted by Crippen LogP contribution is 2.28. The van der Waals surface area contributed by atoms with Crippen molar-refractivity contribution in [2.75, 3.05) is 13.7 Å². The number of carbonyl (C=O) groups excluding carboxylic acids is 2. The predicted octanol–water partition coefficient (Wildman–Crippen LogP) is 2.88. The zero-order valence-corrected chi connectivity index (χ0v) is 16.5. The molecule has 9 heteroatoms. The fraction of sp³-hybridized carbons (Fsp3) is 0.263. The molecule has 0 fully saturated rings. The van der Waals surface area contributed by atoms with Crippen LogP contribution in [-0.4, -0.2) is 40.2 Å². The third-order valence-corrected chi connectivity index (χ3v) is 4.74. The van der Waals surface area contributed by atoms with Gasteiger partial charge in [-0.25, -0.2) is 9.78 Å². The molecule has 0 atom stereocenters. The summed E-state index contributed by atoms with van der Waals surface area (Å²) in [4.78, 5) is 27.8. The van der Waals surface area contributed by atoms with Crippen molar-refractivity contribution in [1.29, 1.82) is 0 Å². The van der Waals surface area contributed by atoms with E-state index in [2.05, 4.69) is 10.1 Å². The molecule has 1 aromatic carbocycles. The minimum atomic E-state index is -0.534. The molecule has 2 aromatic heterocycles. The predicted molar refractivity (Wildman–Crippen MR) is 103 cm³/mol. The molecule has 0 saturated heterocycles. The van der Waals surface area contributed by atoms with Gasteiger partial charge in [-0.05, 0) is 25.1 Å². The maximum atomic E-state index is 12.0. The number of aryl methyl sites for hydroxylation is 1. The number of aromatic nitrogens is 3. The smallest absolute Gasteiger partial charge is 0.344 e. The average Bonchev–Trinajstić information content (AvgIpc) is 3.33. The van der Waals surface area contributed by atoms with Gasteiger partial charge in [-0.15, -0.1) is 11.3 Å². The number of ether oxygens (including phenoxy) is 3. The van der Waals surface area contributed by atoms with Gasteiger partial charge < -0.3 is 14.2 Å². The zero-order chi connectivity index (χ0) is 20.1. The Balaban J connectivity index is 1.52. The zero-order valence-electron chi connectivity index (χ0n) is 15.7. The summed E-state index contributed by atoms with van der Waals surface area (Å²) in [6.45, 7) is 1.24. The Kier molecular flexibility index (Phi) is 6.05. The summed E-state index contributed by atoms with van der Waals surface area (Å²) in [6, 6.07) is 4.77. The highest BCUT2D eigenvalue weighted by atomic mass is 32.1. The Morgan fingerprint density at radius 1 is 1.25 bits per heavy atom. The molecular weight excluding hydrogens is 382 g/mol. The Bertz CT molecular complexity index is 995. The maximum Gasteiger partial charge on any atom is 0.344 e. The quantitative estimate of drug-likeness (QED) is 0.423. The van der Waals surface area contributed by atoms with Crippen LogP contribution in [0.2, 0.25) is 0 Å². The normalized spacial score (nSPS) is 10.5. The molecule has 8 nitrogen and oxygen atoms in total. The van der Waals surface area contributed by atoms with Crippen LogP contribution < -0.4 is 9.47 Å². The first-order valence-corrected chi connectivity index (χ1v) is 9.25. The fourth-order valence-electron chi connectivity index (χ4n) is 2.38. The lowest BCUT2D eigenvalue weighted by molar-refractivity contribution is -0.147. The third kappa shape index (κ3) is 4.74. The number of thiazole rings is 1. The van der Waals surface area contributed by atoms with Crippen LogP contribution in [0.4, 0.5) is 0 Å². The number of carbonyl (C=O) groups is 2. The Morgan fingerprint density at radius 2 is 2.07 bits per heavy atom. The van der Waals surface area contributed by atoms with E-state index in [1.807, 2.05) is 18.6 Å². The fourth-order valence-corrected chi connectivity index (χ4v) is 3.16. The van der Waals surface area contributed by atoms with Crippen LogP contribution in [0.3, 0.4) is 0 Å². The van der Waals surface area contributed by atoms with Crippen molar-refractivity contribution in [2.24, 2.45) is 7.05 Å². The van der Waals surface area contributed by atoms with E-state index in [1.165, 1.54) is 25.4 Å². The molecule has 0 N–H and O–H groups in total. The first-order valence-electron chi connectivity index (χ1n) is 8.37. The molecule has 0 unspecified atom stereocenters. The highest BCUT2D eigenvalue weighted by molar-refractivity contribution is 7.13. The topological polar surface area (TPSA) is 92.5 Å². The van der Waals surface area contributed by atoms with Crippen LogP contribution in [0, 0.1) is 0 Å². The number of ketones is 1. The standard InChI is InChI=1S/C19H19N3O5S/c1-12(23)13-4-5-16(17(6-13)25-3)26-10-18(24)27-9-15-11-28-19(21-15)14-7-20-22(2)8-14/h4-8,11H,9-10H2,1-3H3. The van der Waals surface area contributed by atoms with Crippen LogP contribution in [0.1, 0.15) is 23.0 Å².